The molecule has 116 valence electrons. The minimum absolute atomic E-state index is 0.0825. The van der Waals surface area contributed by atoms with Crippen LogP contribution in [-0.4, -0.2) is 25.2 Å². The third-order valence-corrected chi connectivity index (χ3v) is 3.95. The summed E-state index contributed by atoms with van der Waals surface area (Å²) in [5.74, 6) is 0.0825. The van der Waals surface area contributed by atoms with Gasteiger partial charge in [0.25, 0.3) is 0 Å². The topological polar surface area (TPSA) is 64.4 Å². The second kappa shape index (κ2) is 8.67. The van der Waals surface area contributed by atoms with E-state index in [2.05, 4.69) is 5.32 Å². The number of nitrogen functional groups attached to an aromatic ring is 1. The van der Waals surface area contributed by atoms with Gasteiger partial charge >= 0.3 is 0 Å². The Morgan fingerprint density at radius 2 is 1.90 bits per heavy atom. The lowest BCUT2D eigenvalue weighted by Gasteiger charge is -2.21. The SMILES string of the molecule is Nc1ccc(CCC(=O)NCCOC2CCCCC2)cc1. The first-order valence-corrected chi connectivity index (χ1v) is 7.97. The highest BCUT2D eigenvalue weighted by molar-refractivity contribution is 5.76. The molecule has 1 aromatic carbocycles. The van der Waals surface area contributed by atoms with Crippen LogP contribution in [0.15, 0.2) is 24.3 Å². The van der Waals surface area contributed by atoms with Gasteiger partial charge in [-0.2, -0.15) is 0 Å². The molecule has 3 N–H and O–H groups in total. The lowest BCUT2D eigenvalue weighted by Crippen LogP contribution is -2.29. The van der Waals surface area contributed by atoms with Crippen molar-refractivity contribution < 1.29 is 9.53 Å². The van der Waals surface area contributed by atoms with Gasteiger partial charge in [-0.3, -0.25) is 4.79 Å². The molecule has 2 rings (SSSR count). The lowest BCUT2D eigenvalue weighted by molar-refractivity contribution is -0.121. The van der Waals surface area contributed by atoms with Crippen LogP contribution in [0.5, 0.6) is 0 Å². The molecule has 4 nitrogen and oxygen atoms in total. The van der Waals surface area contributed by atoms with E-state index in [4.69, 9.17) is 10.5 Å². The van der Waals surface area contributed by atoms with Gasteiger partial charge < -0.3 is 15.8 Å². The average Bonchev–Trinajstić information content (AvgIpc) is 2.52. The van der Waals surface area contributed by atoms with Crippen molar-refractivity contribution in [1.82, 2.24) is 5.32 Å². The molecule has 0 atom stereocenters. The molecule has 0 heterocycles. The van der Waals surface area contributed by atoms with Crippen LogP contribution in [0.25, 0.3) is 0 Å². The van der Waals surface area contributed by atoms with Crippen LogP contribution in [0.2, 0.25) is 0 Å². The molecule has 4 heteroatoms. The largest absolute Gasteiger partial charge is 0.399 e. The molecule has 0 aromatic heterocycles. The second-order valence-electron chi connectivity index (χ2n) is 5.72. The molecule has 0 saturated heterocycles. The number of rotatable bonds is 7. The summed E-state index contributed by atoms with van der Waals surface area (Å²) >= 11 is 0. The summed E-state index contributed by atoms with van der Waals surface area (Å²) in [4.78, 5) is 11.7. The number of hydrogen-bond acceptors (Lipinski definition) is 3. The monoisotopic (exact) mass is 290 g/mol. The third kappa shape index (κ3) is 6.17. The number of carbonyl (C=O) groups is 1. The first-order valence-electron chi connectivity index (χ1n) is 7.97. The van der Waals surface area contributed by atoms with Gasteiger partial charge in [-0.25, -0.2) is 0 Å². The normalized spacial score (nSPS) is 15.8. The highest BCUT2D eigenvalue weighted by atomic mass is 16.5. The smallest absolute Gasteiger partial charge is 0.220 e. The molecule has 1 aromatic rings. The predicted octanol–water partition coefficient (Wildman–Crippen LogP) is 2.67. The first kappa shape index (κ1) is 15.8. The van der Waals surface area contributed by atoms with Crippen molar-refractivity contribution in [2.24, 2.45) is 0 Å². The number of aryl methyl sites for hydroxylation is 1. The van der Waals surface area contributed by atoms with E-state index in [1.54, 1.807) is 0 Å². The van der Waals surface area contributed by atoms with Crippen LogP contribution in [0.3, 0.4) is 0 Å². The van der Waals surface area contributed by atoms with Crippen LogP contribution < -0.4 is 11.1 Å². The number of amides is 1. The van der Waals surface area contributed by atoms with Crippen LogP contribution in [-0.2, 0) is 16.0 Å². The number of hydrogen-bond donors (Lipinski definition) is 2. The maximum absolute atomic E-state index is 11.7. The van der Waals surface area contributed by atoms with Gasteiger partial charge in [-0.15, -0.1) is 0 Å². The van der Waals surface area contributed by atoms with Crippen molar-refractivity contribution in [3.63, 3.8) is 0 Å². The standard InChI is InChI=1S/C17H26N2O2/c18-15-9-6-14(7-10-15)8-11-17(20)19-12-13-21-16-4-2-1-3-5-16/h6-7,9-10,16H,1-5,8,11-13,18H2,(H,19,20). The molecule has 21 heavy (non-hydrogen) atoms. The van der Waals surface area contributed by atoms with Gasteiger partial charge in [-0.05, 0) is 37.0 Å². The molecular weight excluding hydrogens is 264 g/mol. The fourth-order valence-corrected chi connectivity index (χ4v) is 2.68. The van der Waals surface area contributed by atoms with E-state index in [1.807, 2.05) is 24.3 Å². The summed E-state index contributed by atoms with van der Waals surface area (Å²) in [5.41, 5.74) is 7.52. The molecule has 1 saturated carbocycles. The zero-order valence-corrected chi connectivity index (χ0v) is 12.6. The molecule has 1 amide bonds. The Labute approximate surface area is 127 Å². The first-order chi connectivity index (χ1) is 10.2. The van der Waals surface area contributed by atoms with Gasteiger partial charge in [0.1, 0.15) is 0 Å². The zero-order valence-electron chi connectivity index (χ0n) is 12.6. The van der Waals surface area contributed by atoms with Crippen molar-refractivity contribution in [2.75, 3.05) is 18.9 Å². The zero-order chi connectivity index (χ0) is 14.9. The number of carbonyl (C=O) groups excluding carboxylic acids is 1. The Bertz CT molecular complexity index is 425. The van der Waals surface area contributed by atoms with Crippen molar-refractivity contribution in [3.8, 4) is 0 Å². The van der Waals surface area contributed by atoms with Crippen LogP contribution in [0.1, 0.15) is 44.1 Å². The van der Waals surface area contributed by atoms with E-state index >= 15 is 0 Å². The van der Waals surface area contributed by atoms with E-state index in [-0.39, 0.29) is 5.91 Å². The quantitative estimate of drug-likeness (QED) is 0.599. The molecule has 0 aliphatic heterocycles. The number of anilines is 1. The Morgan fingerprint density at radius 3 is 2.62 bits per heavy atom. The average molecular weight is 290 g/mol. The Morgan fingerprint density at radius 1 is 1.19 bits per heavy atom. The van der Waals surface area contributed by atoms with E-state index in [1.165, 1.54) is 32.1 Å². The highest BCUT2D eigenvalue weighted by Gasteiger charge is 2.13. The van der Waals surface area contributed by atoms with E-state index < -0.39 is 0 Å². The van der Waals surface area contributed by atoms with Crippen molar-refractivity contribution in [3.05, 3.63) is 29.8 Å². The molecule has 0 bridgehead atoms. The van der Waals surface area contributed by atoms with Gasteiger partial charge in [0.05, 0.1) is 12.7 Å². The Kier molecular flexibility index (Phi) is 6.54. The molecule has 1 aliphatic carbocycles. The lowest BCUT2D eigenvalue weighted by atomic mass is 9.98. The highest BCUT2D eigenvalue weighted by Crippen LogP contribution is 2.19. The van der Waals surface area contributed by atoms with Gasteiger partial charge in [0.15, 0.2) is 0 Å². The molecule has 0 radical (unpaired) electrons. The molecule has 0 spiro atoms. The maximum atomic E-state index is 11.7. The summed E-state index contributed by atoms with van der Waals surface area (Å²) in [7, 11) is 0. The fourth-order valence-electron chi connectivity index (χ4n) is 2.68. The molecule has 0 unspecified atom stereocenters. The van der Waals surface area contributed by atoms with Gasteiger partial charge in [0.2, 0.25) is 5.91 Å². The summed E-state index contributed by atoms with van der Waals surface area (Å²) in [6.07, 6.45) is 7.89. The summed E-state index contributed by atoms with van der Waals surface area (Å²) in [5, 5.41) is 2.92. The molecule has 1 aliphatic rings. The number of nitrogens with one attached hydrogen (secondary N) is 1. The molecular formula is C17H26N2O2. The van der Waals surface area contributed by atoms with Gasteiger partial charge in [0, 0.05) is 18.7 Å². The number of nitrogens with two attached hydrogens (primary N) is 1. The van der Waals surface area contributed by atoms with Crippen LogP contribution >= 0.6 is 0 Å². The van der Waals surface area contributed by atoms with E-state index in [9.17, 15) is 4.79 Å². The molecule has 1 fully saturated rings. The second-order valence-corrected chi connectivity index (χ2v) is 5.72. The van der Waals surface area contributed by atoms with Crippen molar-refractivity contribution in [1.29, 1.82) is 0 Å². The van der Waals surface area contributed by atoms with Crippen LogP contribution in [0.4, 0.5) is 5.69 Å². The predicted molar refractivity (Wildman–Crippen MR) is 85.0 cm³/mol. The number of benzene rings is 1. The third-order valence-electron chi connectivity index (χ3n) is 3.95. The number of ether oxygens (including phenoxy) is 1. The van der Waals surface area contributed by atoms with Gasteiger partial charge in [-0.1, -0.05) is 31.4 Å². The fraction of sp³-hybridized carbons (Fsp3) is 0.588. The van der Waals surface area contributed by atoms with Crippen LogP contribution in [0, 0.1) is 0 Å². The van der Waals surface area contributed by atoms with E-state index in [0.717, 1.165) is 17.7 Å². The van der Waals surface area contributed by atoms with E-state index in [0.29, 0.717) is 25.7 Å². The van der Waals surface area contributed by atoms with Crippen molar-refractivity contribution in [2.45, 2.75) is 51.0 Å². The summed E-state index contributed by atoms with van der Waals surface area (Å²) in [6.45, 7) is 1.23. The minimum atomic E-state index is 0.0825. The Hall–Kier alpha value is -1.55. The minimum Gasteiger partial charge on any atom is -0.399 e. The Balaban J connectivity index is 1.54. The van der Waals surface area contributed by atoms with Crippen molar-refractivity contribution >= 4 is 11.6 Å². The summed E-state index contributed by atoms with van der Waals surface area (Å²) in [6, 6.07) is 7.67. The summed E-state index contributed by atoms with van der Waals surface area (Å²) < 4.78 is 5.78. The maximum Gasteiger partial charge on any atom is 0.220 e.